The van der Waals surface area contributed by atoms with Crippen LogP contribution in [-0.4, -0.2) is 24.0 Å². The predicted octanol–water partition coefficient (Wildman–Crippen LogP) is 3.46. The summed E-state index contributed by atoms with van der Waals surface area (Å²) in [5, 5.41) is 3.57. The Hall–Kier alpha value is -0.800. The van der Waals surface area contributed by atoms with Crippen molar-refractivity contribution in [3.05, 3.63) is 23.2 Å². The second kappa shape index (κ2) is 6.31. The largest absolute Gasteiger partial charge is 0.465 e. The molecular weight excluding hydrogens is 248 g/mol. The Balaban J connectivity index is 1.50. The van der Waals surface area contributed by atoms with Gasteiger partial charge in [0.25, 0.3) is 0 Å². The predicted molar refractivity (Wildman–Crippen MR) is 81.6 cm³/mol. The fraction of sp³-hybridized carbons (Fsp3) is 0.765. The molecule has 0 bridgehead atoms. The molecule has 1 aromatic rings. The summed E-state index contributed by atoms with van der Waals surface area (Å²) in [5.74, 6) is 3.18. The highest BCUT2D eigenvalue weighted by Crippen LogP contribution is 2.24. The molecule has 0 aromatic carbocycles. The minimum Gasteiger partial charge on any atom is -0.465 e. The molecule has 20 heavy (non-hydrogen) atoms. The van der Waals surface area contributed by atoms with Gasteiger partial charge in [0.2, 0.25) is 0 Å². The molecule has 1 N–H and O–H groups in total. The molecule has 2 fully saturated rings. The lowest BCUT2D eigenvalue weighted by Crippen LogP contribution is -2.32. The average Bonchev–Trinajstić information content (AvgIpc) is 3.22. The zero-order chi connectivity index (χ0) is 13.9. The molecule has 1 aromatic heterocycles. The van der Waals surface area contributed by atoms with Crippen molar-refractivity contribution in [1.82, 2.24) is 10.2 Å². The Morgan fingerprint density at radius 3 is 2.65 bits per heavy atom. The van der Waals surface area contributed by atoms with Crippen LogP contribution in [0.2, 0.25) is 0 Å². The van der Waals surface area contributed by atoms with E-state index in [4.69, 9.17) is 4.42 Å². The van der Waals surface area contributed by atoms with Gasteiger partial charge in [-0.1, -0.05) is 13.3 Å². The highest BCUT2D eigenvalue weighted by molar-refractivity contribution is 5.21. The summed E-state index contributed by atoms with van der Waals surface area (Å²) in [6.07, 6.45) is 6.73. The van der Waals surface area contributed by atoms with Crippen LogP contribution in [0.15, 0.2) is 10.5 Å². The number of likely N-dealkylation sites (tertiary alicyclic amines) is 1. The van der Waals surface area contributed by atoms with E-state index in [0.717, 1.165) is 36.6 Å². The lowest BCUT2D eigenvalue weighted by Gasteiger charge is -2.30. The monoisotopic (exact) mass is 276 g/mol. The third-order valence-electron chi connectivity index (χ3n) is 4.89. The van der Waals surface area contributed by atoms with Gasteiger partial charge in [-0.15, -0.1) is 0 Å². The standard InChI is InChI=1S/C17H28N2O/c1-3-14-6-8-19(9-7-14)12-17-10-15(13(2)20-17)11-18-16-4-5-16/h10,14,16,18H,3-9,11-12H2,1-2H3. The molecule has 1 aliphatic heterocycles. The molecule has 3 nitrogen and oxygen atoms in total. The van der Waals surface area contributed by atoms with Crippen LogP contribution in [0.4, 0.5) is 0 Å². The summed E-state index contributed by atoms with van der Waals surface area (Å²) in [6, 6.07) is 3.03. The van der Waals surface area contributed by atoms with E-state index in [-0.39, 0.29) is 0 Å². The van der Waals surface area contributed by atoms with Crippen molar-refractivity contribution in [3.63, 3.8) is 0 Å². The molecule has 0 spiro atoms. The first-order valence-electron chi connectivity index (χ1n) is 8.28. The van der Waals surface area contributed by atoms with Gasteiger partial charge in [-0.05, 0) is 57.7 Å². The normalized spacial score (nSPS) is 21.5. The molecule has 1 aliphatic carbocycles. The molecule has 3 rings (SSSR count). The van der Waals surface area contributed by atoms with Gasteiger partial charge in [-0.3, -0.25) is 4.90 Å². The number of rotatable bonds is 6. The third kappa shape index (κ3) is 3.64. The van der Waals surface area contributed by atoms with Crippen molar-refractivity contribution in [2.24, 2.45) is 5.92 Å². The number of nitrogens with one attached hydrogen (secondary N) is 1. The van der Waals surface area contributed by atoms with Crippen molar-refractivity contribution in [2.75, 3.05) is 13.1 Å². The molecule has 0 atom stereocenters. The summed E-state index contributed by atoms with van der Waals surface area (Å²) in [7, 11) is 0. The number of hydrogen-bond donors (Lipinski definition) is 1. The highest BCUT2D eigenvalue weighted by Gasteiger charge is 2.22. The molecule has 2 heterocycles. The van der Waals surface area contributed by atoms with Crippen LogP contribution < -0.4 is 5.32 Å². The van der Waals surface area contributed by atoms with E-state index in [0.29, 0.717) is 0 Å². The number of piperidine rings is 1. The van der Waals surface area contributed by atoms with Gasteiger partial charge in [0, 0.05) is 18.2 Å². The van der Waals surface area contributed by atoms with E-state index in [1.54, 1.807) is 0 Å². The zero-order valence-corrected chi connectivity index (χ0v) is 13.0. The Morgan fingerprint density at radius 2 is 2.00 bits per heavy atom. The van der Waals surface area contributed by atoms with Crippen LogP contribution in [0, 0.1) is 12.8 Å². The number of furan rings is 1. The summed E-state index contributed by atoms with van der Waals surface area (Å²) < 4.78 is 5.94. The summed E-state index contributed by atoms with van der Waals surface area (Å²) in [6.45, 7) is 8.83. The Bertz CT molecular complexity index is 428. The second-order valence-corrected chi connectivity index (χ2v) is 6.58. The van der Waals surface area contributed by atoms with Crippen LogP contribution in [0.3, 0.4) is 0 Å². The summed E-state index contributed by atoms with van der Waals surface area (Å²) in [5.41, 5.74) is 1.34. The first-order valence-corrected chi connectivity index (χ1v) is 8.28. The maximum atomic E-state index is 5.94. The second-order valence-electron chi connectivity index (χ2n) is 6.58. The highest BCUT2D eigenvalue weighted by atomic mass is 16.3. The molecule has 3 heteroatoms. The molecule has 0 amide bonds. The van der Waals surface area contributed by atoms with Crippen LogP contribution in [0.5, 0.6) is 0 Å². The maximum absolute atomic E-state index is 5.94. The lowest BCUT2D eigenvalue weighted by atomic mass is 9.94. The minimum absolute atomic E-state index is 0.765. The summed E-state index contributed by atoms with van der Waals surface area (Å²) >= 11 is 0. The van der Waals surface area contributed by atoms with Gasteiger partial charge in [0.1, 0.15) is 11.5 Å². The van der Waals surface area contributed by atoms with E-state index in [2.05, 4.69) is 30.1 Å². The summed E-state index contributed by atoms with van der Waals surface area (Å²) in [4.78, 5) is 2.54. The van der Waals surface area contributed by atoms with Gasteiger partial charge in [0.15, 0.2) is 0 Å². The lowest BCUT2D eigenvalue weighted by molar-refractivity contribution is 0.164. The third-order valence-corrected chi connectivity index (χ3v) is 4.89. The Morgan fingerprint density at radius 1 is 1.25 bits per heavy atom. The molecule has 0 unspecified atom stereocenters. The maximum Gasteiger partial charge on any atom is 0.118 e. The van der Waals surface area contributed by atoms with E-state index < -0.39 is 0 Å². The van der Waals surface area contributed by atoms with Gasteiger partial charge in [0.05, 0.1) is 6.54 Å². The molecule has 0 radical (unpaired) electrons. The molecular formula is C17H28N2O. The number of aryl methyl sites for hydroxylation is 1. The van der Waals surface area contributed by atoms with Crippen molar-refractivity contribution in [2.45, 2.75) is 65.1 Å². The molecule has 1 saturated heterocycles. The first kappa shape index (κ1) is 14.2. The van der Waals surface area contributed by atoms with Gasteiger partial charge >= 0.3 is 0 Å². The van der Waals surface area contributed by atoms with Gasteiger partial charge in [-0.25, -0.2) is 0 Å². The van der Waals surface area contributed by atoms with Crippen molar-refractivity contribution in [1.29, 1.82) is 0 Å². The molecule has 112 valence electrons. The topological polar surface area (TPSA) is 28.4 Å². The van der Waals surface area contributed by atoms with E-state index in [1.165, 1.54) is 50.8 Å². The SMILES string of the molecule is CCC1CCN(Cc2cc(CNC3CC3)c(C)o2)CC1. The van der Waals surface area contributed by atoms with Crippen LogP contribution in [-0.2, 0) is 13.1 Å². The van der Waals surface area contributed by atoms with E-state index in [9.17, 15) is 0 Å². The molecule has 2 aliphatic rings. The Labute approximate surface area is 122 Å². The van der Waals surface area contributed by atoms with Crippen LogP contribution in [0.25, 0.3) is 0 Å². The van der Waals surface area contributed by atoms with Crippen molar-refractivity contribution in [3.8, 4) is 0 Å². The molecule has 1 saturated carbocycles. The first-order chi connectivity index (χ1) is 9.74. The van der Waals surface area contributed by atoms with Gasteiger partial charge < -0.3 is 9.73 Å². The fourth-order valence-electron chi connectivity index (χ4n) is 3.16. The number of hydrogen-bond acceptors (Lipinski definition) is 3. The Kier molecular flexibility index (Phi) is 4.47. The van der Waals surface area contributed by atoms with Crippen molar-refractivity contribution >= 4 is 0 Å². The zero-order valence-electron chi connectivity index (χ0n) is 13.0. The number of nitrogens with zero attached hydrogens (tertiary/aromatic N) is 1. The van der Waals surface area contributed by atoms with Crippen LogP contribution in [0.1, 0.15) is 56.1 Å². The smallest absolute Gasteiger partial charge is 0.118 e. The fourth-order valence-corrected chi connectivity index (χ4v) is 3.16. The minimum atomic E-state index is 0.765. The van der Waals surface area contributed by atoms with Crippen LogP contribution >= 0.6 is 0 Å². The average molecular weight is 276 g/mol. The van der Waals surface area contributed by atoms with E-state index >= 15 is 0 Å². The van der Waals surface area contributed by atoms with Crippen molar-refractivity contribution < 1.29 is 4.42 Å². The van der Waals surface area contributed by atoms with E-state index in [1.807, 2.05) is 0 Å². The van der Waals surface area contributed by atoms with Gasteiger partial charge in [-0.2, -0.15) is 0 Å². The quantitative estimate of drug-likeness (QED) is 0.862.